The highest BCUT2D eigenvalue weighted by Crippen LogP contribution is 2.32. The number of rotatable bonds is 39. The molecule has 0 aliphatic heterocycles. The topological polar surface area (TPSA) is 24.7 Å². The molecule has 2 nitrogen and oxygen atoms in total. The number of benzene rings is 5. The van der Waals surface area contributed by atoms with E-state index in [2.05, 4.69) is 13.8 Å². The van der Waals surface area contributed by atoms with Crippen molar-refractivity contribution in [1.82, 2.24) is 0 Å². The van der Waals surface area contributed by atoms with E-state index in [1.165, 1.54) is 210 Å². The molecule has 5 rings (SSSR count). The van der Waals surface area contributed by atoms with Crippen molar-refractivity contribution in [2.45, 2.75) is 225 Å². The first-order valence-electron chi connectivity index (χ1n) is 31.6. The Bertz CT molecular complexity index is 2610. The summed E-state index contributed by atoms with van der Waals surface area (Å²) >= 11 is 0. The zero-order valence-electron chi connectivity index (χ0n) is 50.5. The van der Waals surface area contributed by atoms with Crippen LogP contribution in [0.2, 0.25) is 0 Å². The van der Waals surface area contributed by atoms with Crippen LogP contribution in [0, 0.1) is 87.3 Å². The van der Waals surface area contributed by atoms with Crippen molar-refractivity contribution in [2.75, 3.05) is 13.1 Å². The van der Waals surface area contributed by atoms with E-state index in [1.54, 1.807) is 12.1 Å². The number of aromatic hydroxyl groups is 1. The van der Waals surface area contributed by atoms with Gasteiger partial charge in [0.25, 0.3) is 0 Å². The van der Waals surface area contributed by atoms with Crippen LogP contribution in [0.4, 0.5) is 84.7 Å². The van der Waals surface area contributed by atoms with Gasteiger partial charge in [-0.25, -0.2) is 65.9 Å². The maximum absolute atomic E-state index is 15.4. The highest BCUT2D eigenvalue weighted by Gasteiger charge is 2.50. The van der Waals surface area contributed by atoms with Crippen molar-refractivity contribution >= 4 is 33.7 Å². The lowest BCUT2D eigenvalue weighted by atomic mass is 9.12. The number of unbranched alkanes of at least 4 members (excludes halogenated alkanes) is 30. The van der Waals surface area contributed by atoms with Crippen LogP contribution in [0.5, 0.6) is 5.75 Å². The zero-order valence-corrected chi connectivity index (χ0v) is 50.5. The Morgan fingerprint density at radius 2 is 0.534 bits per heavy atom. The van der Waals surface area contributed by atoms with Gasteiger partial charge in [-0.05, 0) is 56.0 Å². The van der Waals surface area contributed by atoms with Gasteiger partial charge in [0.2, 0.25) is 0 Å². The first-order chi connectivity index (χ1) is 42.0. The Balaban J connectivity index is 0.000000379. The molecule has 21 heteroatoms. The third kappa shape index (κ3) is 20.6. The number of para-hydroxylation sites is 1. The lowest BCUT2D eigenvalue weighted by Crippen LogP contribution is -3.07. The van der Waals surface area contributed by atoms with E-state index in [1.807, 2.05) is 0 Å². The van der Waals surface area contributed by atoms with Crippen LogP contribution in [0.3, 0.4) is 0 Å². The first-order valence-corrected chi connectivity index (χ1v) is 31.6. The molecular formula is C67H84BF18NO. The van der Waals surface area contributed by atoms with Crippen LogP contribution in [-0.2, 0) is 6.18 Å². The molecule has 492 valence electrons. The Kier molecular flexibility index (Phi) is 32.8. The van der Waals surface area contributed by atoms with Gasteiger partial charge in [-0.15, -0.1) is 16.4 Å². The fourth-order valence-corrected chi connectivity index (χ4v) is 11.8. The number of phenolic OH excluding ortho intramolecular Hbond substituents is 1. The van der Waals surface area contributed by atoms with Crippen LogP contribution < -0.4 is 26.8 Å². The van der Waals surface area contributed by atoms with E-state index < -0.39 is 133 Å². The van der Waals surface area contributed by atoms with E-state index in [-0.39, 0.29) is 6.07 Å². The molecule has 0 atom stereocenters. The predicted octanol–water partition coefficient (Wildman–Crippen LogP) is 19.6. The van der Waals surface area contributed by atoms with Crippen LogP contribution in [-0.4, -0.2) is 24.3 Å². The smallest absolute Gasteiger partial charge is 0.416 e. The van der Waals surface area contributed by atoms with Crippen molar-refractivity contribution in [3.05, 3.63) is 141 Å². The Hall–Kier alpha value is -5.34. The number of quaternary nitrogens is 1. The largest absolute Gasteiger partial charge is 0.511 e. The van der Waals surface area contributed by atoms with Gasteiger partial charge < -0.3 is 10.0 Å². The summed E-state index contributed by atoms with van der Waals surface area (Å²) in [5.74, 6) is -48.4. The summed E-state index contributed by atoms with van der Waals surface area (Å²) in [4.78, 5) is 1.37. The van der Waals surface area contributed by atoms with Gasteiger partial charge in [0.05, 0.1) is 24.4 Å². The molecule has 0 fully saturated rings. The summed E-state index contributed by atoms with van der Waals surface area (Å²) in [6.45, 7) is 6.63. The quantitative estimate of drug-likeness (QED) is 0.0132. The van der Waals surface area contributed by atoms with Gasteiger partial charge in [0, 0.05) is 0 Å². The van der Waals surface area contributed by atoms with E-state index in [0.717, 1.165) is 37.7 Å². The maximum atomic E-state index is 15.4. The fourth-order valence-electron chi connectivity index (χ4n) is 11.8. The number of nitrogens with one attached hydrogen (secondary N) is 1. The van der Waals surface area contributed by atoms with Gasteiger partial charge in [-0.1, -0.05) is 212 Å². The van der Waals surface area contributed by atoms with Gasteiger partial charge in [0.15, 0.2) is 52.4 Å². The lowest BCUT2D eigenvalue weighted by molar-refractivity contribution is -0.833. The molecule has 5 aromatic rings. The van der Waals surface area contributed by atoms with E-state index in [0.29, 0.717) is 12.1 Å². The molecule has 0 bridgehead atoms. The molecule has 5 aromatic carbocycles. The van der Waals surface area contributed by atoms with E-state index >= 15 is 26.3 Å². The lowest BCUT2D eigenvalue weighted by Gasteiger charge is -2.44. The second-order valence-corrected chi connectivity index (χ2v) is 23.2. The van der Waals surface area contributed by atoms with Gasteiger partial charge in [-0.3, -0.25) is 0 Å². The van der Waals surface area contributed by atoms with E-state index in [9.17, 15) is 57.8 Å². The molecular weight excluding hydrogens is 1190 g/mol. The second kappa shape index (κ2) is 38.4. The highest BCUT2D eigenvalue weighted by atomic mass is 19.4. The molecule has 88 heavy (non-hydrogen) atoms. The first kappa shape index (κ1) is 75.1. The van der Waals surface area contributed by atoms with Crippen molar-refractivity contribution in [3.63, 3.8) is 0 Å². The van der Waals surface area contributed by atoms with Crippen LogP contribution in [0.1, 0.15) is 225 Å². The number of hydrogen-bond acceptors (Lipinski definition) is 1. The number of phenols is 1. The van der Waals surface area contributed by atoms with Crippen LogP contribution >= 0.6 is 0 Å². The van der Waals surface area contributed by atoms with Crippen molar-refractivity contribution < 1.29 is 89.0 Å². The molecule has 0 amide bonds. The summed E-state index contributed by atoms with van der Waals surface area (Å²) < 4.78 is 260. The molecule has 0 unspecified atom stereocenters. The van der Waals surface area contributed by atoms with Crippen LogP contribution in [0.15, 0.2) is 48.5 Å². The summed E-state index contributed by atoms with van der Waals surface area (Å²) in [6.07, 6.45) is 33.3. The highest BCUT2D eigenvalue weighted by molar-refractivity contribution is 7.20. The van der Waals surface area contributed by atoms with Gasteiger partial charge in [-0.2, -0.15) is 18.6 Å². The monoisotopic (exact) mass is 1270 g/mol. The molecule has 0 aliphatic carbocycles. The molecule has 0 radical (unpaired) electrons. The SMILES string of the molecule is CCCCCCCCCCCCCCCCCC[NH+](CCCCCCCCCCCCCCCCCC)c1ccc(C(F)(F)F)cc1.Oc1ccccc1[B-](c1c(F)c(F)c(F)c(F)c1F)(c1c(F)c(F)c(F)c(F)c1F)c1c(F)c(F)c(F)c(F)c1F. The Morgan fingerprint density at radius 3 is 0.773 bits per heavy atom. The zero-order chi connectivity index (χ0) is 65.0. The number of halogens is 18. The van der Waals surface area contributed by atoms with Crippen molar-refractivity contribution in [2.24, 2.45) is 0 Å². The average molecular weight is 1270 g/mol. The third-order valence-corrected chi connectivity index (χ3v) is 16.7. The third-order valence-electron chi connectivity index (χ3n) is 16.7. The summed E-state index contributed by atoms with van der Waals surface area (Å²) in [6, 6.07) is 7.91. The summed E-state index contributed by atoms with van der Waals surface area (Å²) in [5, 5.41) is 10.5. The number of alkyl halides is 3. The summed E-state index contributed by atoms with van der Waals surface area (Å²) in [7, 11) is 0. The maximum Gasteiger partial charge on any atom is 0.416 e. The normalized spacial score (nSPS) is 12.0. The Morgan fingerprint density at radius 1 is 0.307 bits per heavy atom. The fraction of sp³-hybridized carbons (Fsp3) is 0.552. The van der Waals surface area contributed by atoms with Crippen molar-refractivity contribution in [3.8, 4) is 5.75 Å². The molecule has 0 heterocycles. The van der Waals surface area contributed by atoms with Crippen molar-refractivity contribution in [1.29, 1.82) is 0 Å². The predicted molar refractivity (Wildman–Crippen MR) is 312 cm³/mol. The second-order valence-electron chi connectivity index (χ2n) is 23.2. The number of hydrogen-bond donors (Lipinski definition) is 2. The standard InChI is InChI=1S/C43H78F3N.C24H5BF15O/c1-3-5-7-9-11-13-15-17-19-21-23-25-27-29-31-33-39-47(42-37-35-41(36-38-42)43(44,45)46)40-34-32-30-28-26-24-22-20-18-16-14-12-10-8-6-4-2;26-10-7(11(27)17(33)22(38)16(10)32)25(5-3-1-2-4-6(5)41,8-12(28)18(34)23(39)19(35)13(8)29)9-14(30)20(36)24(40)21(37)15(9)31/h35-38H,3-34,39-40H2,1-2H3;1-4,41H/q;-1/p+1. The Labute approximate surface area is 506 Å². The van der Waals surface area contributed by atoms with Crippen LogP contribution in [0.25, 0.3) is 0 Å². The minimum atomic E-state index is -5.99. The molecule has 0 spiro atoms. The van der Waals surface area contributed by atoms with Gasteiger partial charge >= 0.3 is 6.18 Å². The minimum absolute atomic E-state index is 0.184. The van der Waals surface area contributed by atoms with E-state index in [4.69, 9.17) is 0 Å². The summed E-state index contributed by atoms with van der Waals surface area (Å²) in [5.41, 5.74) is -9.77. The molecule has 0 saturated carbocycles. The molecule has 0 aromatic heterocycles. The molecule has 0 aliphatic rings. The molecule has 0 saturated heterocycles. The molecule has 2 N–H and O–H groups in total. The minimum Gasteiger partial charge on any atom is -0.511 e. The van der Waals surface area contributed by atoms with Gasteiger partial charge in [0.1, 0.15) is 46.7 Å². The average Bonchev–Trinajstić information content (AvgIpc) is 0.712.